The number of methoxy groups -OCH3 is 1. The molecule has 0 radical (unpaired) electrons. The van der Waals surface area contributed by atoms with Crippen LogP contribution >= 0.6 is 11.8 Å². The fraction of sp³-hybridized carbons (Fsp3) is 0.500. The molecule has 4 heteroatoms. The fourth-order valence-electron chi connectivity index (χ4n) is 2.17. The monoisotopic (exact) mass is 293 g/mol. The van der Waals surface area contributed by atoms with Gasteiger partial charge in [0.05, 0.1) is 6.04 Å². The van der Waals surface area contributed by atoms with Gasteiger partial charge in [-0.1, -0.05) is 25.1 Å². The zero-order valence-corrected chi connectivity index (χ0v) is 13.0. The van der Waals surface area contributed by atoms with Gasteiger partial charge in [0.1, 0.15) is 11.3 Å². The molecule has 0 saturated carbocycles. The number of hydrogen-bond acceptors (Lipinski definition) is 4. The average molecular weight is 293 g/mol. The van der Waals surface area contributed by atoms with Crippen LogP contribution in [0.3, 0.4) is 0 Å². The number of fused-ring (bicyclic) bond motifs is 1. The van der Waals surface area contributed by atoms with Gasteiger partial charge in [0.25, 0.3) is 0 Å². The van der Waals surface area contributed by atoms with Crippen molar-refractivity contribution < 1.29 is 9.15 Å². The number of nitrogens with one attached hydrogen (secondary N) is 1. The third kappa shape index (κ3) is 4.27. The van der Waals surface area contributed by atoms with Crippen molar-refractivity contribution >= 4 is 22.7 Å². The van der Waals surface area contributed by atoms with Gasteiger partial charge in [-0.3, -0.25) is 0 Å². The zero-order valence-electron chi connectivity index (χ0n) is 12.2. The van der Waals surface area contributed by atoms with Crippen molar-refractivity contribution in [2.75, 3.05) is 31.8 Å². The van der Waals surface area contributed by atoms with E-state index in [-0.39, 0.29) is 6.04 Å². The molecule has 0 amide bonds. The molecule has 1 heterocycles. The Bertz CT molecular complexity index is 479. The van der Waals surface area contributed by atoms with Crippen LogP contribution in [0.5, 0.6) is 0 Å². The van der Waals surface area contributed by atoms with Gasteiger partial charge in [-0.25, -0.2) is 0 Å². The molecule has 2 aromatic rings. The topological polar surface area (TPSA) is 34.4 Å². The van der Waals surface area contributed by atoms with Gasteiger partial charge in [0.2, 0.25) is 0 Å². The first-order chi connectivity index (χ1) is 9.85. The number of furan rings is 1. The van der Waals surface area contributed by atoms with E-state index in [1.807, 2.05) is 30.0 Å². The van der Waals surface area contributed by atoms with E-state index < -0.39 is 0 Å². The van der Waals surface area contributed by atoms with Gasteiger partial charge in [0.15, 0.2) is 0 Å². The molecule has 1 N–H and O–H groups in total. The Kier molecular flexibility index (Phi) is 6.43. The molecule has 1 aromatic carbocycles. The van der Waals surface area contributed by atoms with Crippen molar-refractivity contribution in [3.8, 4) is 0 Å². The van der Waals surface area contributed by atoms with Gasteiger partial charge >= 0.3 is 0 Å². The molecule has 3 nitrogen and oxygen atoms in total. The molecule has 0 saturated heterocycles. The summed E-state index contributed by atoms with van der Waals surface area (Å²) < 4.78 is 11.0. The molecule has 1 aromatic heterocycles. The Hall–Kier alpha value is -0.970. The summed E-state index contributed by atoms with van der Waals surface area (Å²) in [6.45, 7) is 3.91. The highest BCUT2D eigenvalue weighted by molar-refractivity contribution is 7.99. The first-order valence-electron chi connectivity index (χ1n) is 7.13. The maximum Gasteiger partial charge on any atom is 0.134 e. The third-order valence-corrected chi connectivity index (χ3v) is 4.31. The SMILES string of the molecule is CCNC(CSCCCOC)c1cc2ccccc2o1. The Labute approximate surface area is 125 Å². The zero-order chi connectivity index (χ0) is 14.2. The van der Waals surface area contributed by atoms with Crippen molar-refractivity contribution in [1.82, 2.24) is 5.32 Å². The summed E-state index contributed by atoms with van der Waals surface area (Å²) >= 11 is 1.94. The highest BCUT2D eigenvalue weighted by Crippen LogP contribution is 2.26. The minimum absolute atomic E-state index is 0.278. The van der Waals surface area contributed by atoms with Gasteiger partial charge in [-0.05, 0) is 30.9 Å². The van der Waals surface area contributed by atoms with Crippen LogP contribution in [-0.4, -0.2) is 31.8 Å². The minimum Gasteiger partial charge on any atom is -0.459 e. The molecule has 0 bridgehead atoms. The van der Waals surface area contributed by atoms with Crippen LogP contribution in [0, 0.1) is 0 Å². The number of rotatable bonds is 9. The van der Waals surface area contributed by atoms with Gasteiger partial charge < -0.3 is 14.5 Å². The molecule has 110 valence electrons. The fourth-order valence-corrected chi connectivity index (χ4v) is 3.18. The minimum atomic E-state index is 0.278. The molecule has 0 spiro atoms. The van der Waals surface area contributed by atoms with Crippen molar-refractivity contribution in [3.05, 3.63) is 36.1 Å². The summed E-state index contributed by atoms with van der Waals surface area (Å²) in [4.78, 5) is 0. The molecule has 0 fully saturated rings. The van der Waals surface area contributed by atoms with E-state index in [9.17, 15) is 0 Å². The van der Waals surface area contributed by atoms with Crippen molar-refractivity contribution in [2.24, 2.45) is 0 Å². The summed E-state index contributed by atoms with van der Waals surface area (Å²) in [6.07, 6.45) is 1.10. The lowest BCUT2D eigenvalue weighted by atomic mass is 10.2. The van der Waals surface area contributed by atoms with Crippen molar-refractivity contribution in [1.29, 1.82) is 0 Å². The van der Waals surface area contributed by atoms with Crippen LogP contribution in [0.15, 0.2) is 34.7 Å². The van der Waals surface area contributed by atoms with E-state index in [1.54, 1.807) is 7.11 Å². The molecule has 0 aliphatic heterocycles. The molecular weight excluding hydrogens is 270 g/mol. The largest absolute Gasteiger partial charge is 0.459 e. The molecule has 1 unspecified atom stereocenters. The number of para-hydroxylation sites is 1. The van der Waals surface area contributed by atoms with E-state index >= 15 is 0 Å². The average Bonchev–Trinajstić information content (AvgIpc) is 2.89. The second-order valence-electron chi connectivity index (χ2n) is 4.72. The van der Waals surface area contributed by atoms with Crippen molar-refractivity contribution in [2.45, 2.75) is 19.4 Å². The van der Waals surface area contributed by atoms with Crippen LogP contribution in [0.2, 0.25) is 0 Å². The van der Waals surface area contributed by atoms with Crippen LogP contribution < -0.4 is 5.32 Å². The molecule has 0 aliphatic rings. The summed E-state index contributed by atoms with van der Waals surface area (Å²) in [5.41, 5.74) is 0.967. The predicted molar refractivity (Wildman–Crippen MR) is 86.4 cm³/mol. The van der Waals surface area contributed by atoms with E-state index in [0.717, 1.165) is 42.4 Å². The molecule has 0 aliphatic carbocycles. The maximum atomic E-state index is 5.96. The number of thioether (sulfide) groups is 1. The predicted octanol–water partition coefficient (Wildman–Crippen LogP) is 3.85. The second-order valence-corrected chi connectivity index (χ2v) is 5.87. The quantitative estimate of drug-likeness (QED) is 0.712. The summed E-state index contributed by atoms with van der Waals surface area (Å²) in [6, 6.07) is 10.6. The van der Waals surface area contributed by atoms with Gasteiger partial charge in [-0.2, -0.15) is 11.8 Å². The first kappa shape index (κ1) is 15.4. The maximum absolute atomic E-state index is 5.96. The van der Waals surface area contributed by atoms with Gasteiger partial charge in [0, 0.05) is 24.9 Å². The summed E-state index contributed by atoms with van der Waals surface area (Å²) in [7, 11) is 1.75. The van der Waals surface area contributed by atoms with Crippen LogP contribution in [0.4, 0.5) is 0 Å². The van der Waals surface area contributed by atoms with Gasteiger partial charge in [-0.15, -0.1) is 0 Å². The number of ether oxygens (including phenoxy) is 1. The smallest absolute Gasteiger partial charge is 0.134 e. The summed E-state index contributed by atoms with van der Waals surface area (Å²) in [5, 5.41) is 4.68. The van der Waals surface area contributed by atoms with Crippen LogP contribution in [0.25, 0.3) is 11.0 Å². The molecular formula is C16H23NO2S. The first-order valence-corrected chi connectivity index (χ1v) is 8.29. The second kappa shape index (κ2) is 8.35. The van der Waals surface area contributed by atoms with Crippen LogP contribution in [0.1, 0.15) is 25.1 Å². The lowest BCUT2D eigenvalue weighted by Gasteiger charge is -2.14. The third-order valence-electron chi connectivity index (χ3n) is 3.16. The number of benzene rings is 1. The lowest BCUT2D eigenvalue weighted by molar-refractivity contribution is 0.200. The Morgan fingerprint density at radius 3 is 2.95 bits per heavy atom. The lowest BCUT2D eigenvalue weighted by Crippen LogP contribution is -2.22. The number of hydrogen-bond donors (Lipinski definition) is 1. The Morgan fingerprint density at radius 2 is 2.20 bits per heavy atom. The normalized spacial score (nSPS) is 12.9. The van der Waals surface area contributed by atoms with Crippen LogP contribution in [-0.2, 0) is 4.74 Å². The van der Waals surface area contributed by atoms with Crippen molar-refractivity contribution in [3.63, 3.8) is 0 Å². The van der Waals surface area contributed by atoms with E-state index in [2.05, 4.69) is 24.4 Å². The Balaban J connectivity index is 1.96. The molecule has 20 heavy (non-hydrogen) atoms. The van der Waals surface area contributed by atoms with E-state index in [1.165, 1.54) is 5.39 Å². The van der Waals surface area contributed by atoms with E-state index in [0.29, 0.717) is 0 Å². The van der Waals surface area contributed by atoms with E-state index in [4.69, 9.17) is 9.15 Å². The molecule has 2 rings (SSSR count). The standard InChI is InChI=1S/C16H23NO2S/c1-3-17-14(12-20-10-6-9-18-2)16-11-13-7-4-5-8-15(13)19-16/h4-5,7-8,11,14,17H,3,6,9-10,12H2,1-2H3. The highest BCUT2D eigenvalue weighted by Gasteiger charge is 2.15. The summed E-state index contributed by atoms with van der Waals surface area (Å²) in [5.74, 6) is 3.18. The Morgan fingerprint density at radius 1 is 1.35 bits per heavy atom. The molecule has 1 atom stereocenters. The highest BCUT2D eigenvalue weighted by atomic mass is 32.2.